The van der Waals surface area contributed by atoms with E-state index in [2.05, 4.69) is 111 Å². The zero-order valence-corrected chi connectivity index (χ0v) is 22.1. The fourth-order valence-electron chi connectivity index (χ4n) is 3.61. The van der Waals surface area contributed by atoms with Gasteiger partial charge in [-0.25, -0.2) is 4.98 Å². The number of fused-ring (bicyclic) bond motifs is 1. The molecule has 0 saturated carbocycles. The van der Waals surface area contributed by atoms with E-state index >= 15 is 0 Å². The molecule has 0 atom stereocenters. The Kier molecular flexibility index (Phi) is 8.98. The van der Waals surface area contributed by atoms with Gasteiger partial charge in [0.05, 0.1) is 16.4 Å². The minimum absolute atomic E-state index is 0.786. The Hall–Kier alpha value is -2.39. The Morgan fingerprint density at radius 3 is 2.91 bits per heavy atom. The molecule has 4 rings (SSSR count). The third-order valence-electron chi connectivity index (χ3n) is 5.39. The number of unbranched alkanes of at least 4 members (excludes halogenated alkanes) is 1. The largest absolute Gasteiger partial charge is 0.340 e. The highest BCUT2D eigenvalue weighted by molar-refractivity contribution is 9.10. The normalized spacial score (nSPS) is 15.8. The molecule has 0 radical (unpaired) electrons. The molecular formula is C26H31BrN6S. The fraction of sp³-hybridized carbons (Fsp3) is 0.308. The van der Waals surface area contributed by atoms with Crippen LogP contribution < -0.4 is 10.0 Å². The second-order valence-electron chi connectivity index (χ2n) is 8.41. The van der Waals surface area contributed by atoms with E-state index < -0.39 is 0 Å². The topological polar surface area (TPSA) is 57.5 Å². The number of hydrogen-bond donors (Lipinski definition) is 2. The molecule has 2 aromatic rings. The van der Waals surface area contributed by atoms with Crippen molar-refractivity contribution in [1.82, 2.24) is 24.2 Å². The molecule has 6 nitrogen and oxygen atoms in total. The van der Waals surface area contributed by atoms with Crippen LogP contribution in [0.1, 0.15) is 31.4 Å². The molecule has 2 aliphatic rings. The van der Waals surface area contributed by atoms with Crippen LogP contribution >= 0.6 is 27.9 Å². The molecule has 34 heavy (non-hydrogen) atoms. The Labute approximate surface area is 214 Å². The first-order valence-corrected chi connectivity index (χ1v) is 13.2. The van der Waals surface area contributed by atoms with Crippen LogP contribution in [-0.4, -0.2) is 46.7 Å². The number of aromatic nitrogens is 3. The predicted molar refractivity (Wildman–Crippen MR) is 148 cm³/mol. The van der Waals surface area contributed by atoms with Crippen molar-refractivity contribution < 1.29 is 0 Å². The standard InChI is InChI=1S/C26H31BrN6S/c1-32(2)17-8-7-16-29-34-22-13-9-12-21(14-15-22)30-25-18-24(20-10-5-3-4-6-11-20)31-26-23(27)19-28-33(25)26/h3,5-6,10-15,18-19,29-30H,4,7-9,16-17H2,1-2H3. The maximum atomic E-state index is 4.85. The van der Waals surface area contributed by atoms with Crippen LogP contribution in [0.5, 0.6) is 0 Å². The van der Waals surface area contributed by atoms with Crippen LogP contribution in [0.2, 0.25) is 0 Å². The molecule has 0 aromatic carbocycles. The molecule has 0 amide bonds. The highest BCUT2D eigenvalue weighted by Gasteiger charge is 2.13. The van der Waals surface area contributed by atoms with E-state index in [1.807, 2.05) is 4.52 Å². The molecule has 2 aliphatic carbocycles. The van der Waals surface area contributed by atoms with E-state index in [1.54, 1.807) is 18.1 Å². The molecule has 0 spiro atoms. The summed E-state index contributed by atoms with van der Waals surface area (Å²) >= 11 is 5.29. The Morgan fingerprint density at radius 1 is 1.12 bits per heavy atom. The first-order chi connectivity index (χ1) is 16.6. The van der Waals surface area contributed by atoms with Crippen molar-refractivity contribution >= 4 is 44.9 Å². The monoisotopic (exact) mass is 538 g/mol. The maximum Gasteiger partial charge on any atom is 0.172 e. The van der Waals surface area contributed by atoms with Gasteiger partial charge in [-0.3, -0.25) is 4.72 Å². The zero-order chi connectivity index (χ0) is 23.8. The predicted octanol–water partition coefficient (Wildman–Crippen LogP) is 6.11. The fourth-order valence-corrected chi connectivity index (χ4v) is 4.69. The van der Waals surface area contributed by atoms with Crippen molar-refractivity contribution in [2.45, 2.75) is 25.7 Å². The van der Waals surface area contributed by atoms with E-state index in [-0.39, 0.29) is 0 Å². The molecule has 178 valence electrons. The van der Waals surface area contributed by atoms with Gasteiger partial charge < -0.3 is 10.2 Å². The van der Waals surface area contributed by atoms with Gasteiger partial charge in [0, 0.05) is 28.8 Å². The minimum atomic E-state index is 0.786. The van der Waals surface area contributed by atoms with E-state index in [0.29, 0.717) is 0 Å². The van der Waals surface area contributed by atoms with Gasteiger partial charge in [0.25, 0.3) is 0 Å². The van der Waals surface area contributed by atoms with E-state index in [9.17, 15) is 0 Å². The summed E-state index contributed by atoms with van der Waals surface area (Å²) < 4.78 is 6.19. The summed E-state index contributed by atoms with van der Waals surface area (Å²) in [6, 6.07) is 2.06. The molecule has 2 N–H and O–H groups in total. The number of rotatable bonds is 10. The highest BCUT2D eigenvalue weighted by atomic mass is 79.9. The maximum absolute atomic E-state index is 4.85. The summed E-state index contributed by atoms with van der Waals surface area (Å²) in [7, 11) is 4.24. The third-order valence-corrected chi connectivity index (χ3v) is 6.83. The average Bonchev–Trinajstić information content (AvgIpc) is 3.02. The number of halogens is 1. The van der Waals surface area contributed by atoms with Crippen LogP contribution in [-0.2, 0) is 0 Å². The van der Waals surface area contributed by atoms with E-state index in [0.717, 1.165) is 58.8 Å². The average molecular weight is 540 g/mol. The van der Waals surface area contributed by atoms with Crippen LogP contribution in [0, 0.1) is 0 Å². The number of nitrogens with zero attached hydrogens (tertiary/aromatic N) is 4. The summed E-state index contributed by atoms with van der Waals surface area (Å²) in [4.78, 5) is 8.30. The van der Waals surface area contributed by atoms with Gasteiger partial charge in [0.2, 0.25) is 0 Å². The smallest absolute Gasteiger partial charge is 0.172 e. The Morgan fingerprint density at radius 2 is 2.03 bits per heavy atom. The van der Waals surface area contributed by atoms with Gasteiger partial charge >= 0.3 is 0 Å². The molecule has 2 aromatic heterocycles. The Bertz CT molecular complexity index is 1190. The Balaban J connectivity index is 1.43. The summed E-state index contributed by atoms with van der Waals surface area (Å²) in [6.45, 7) is 2.14. The lowest BCUT2D eigenvalue weighted by atomic mass is 10.1. The summed E-state index contributed by atoms with van der Waals surface area (Å²) in [5.41, 5.74) is 3.81. The summed E-state index contributed by atoms with van der Waals surface area (Å²) in [5.74, 6) is 0.874. The van der Waals surface area contributed by atoms with Gasteiger partial charge in [-0.05, 0) is 86.4 Å². The van der Waals surface area contributed by atoms with Gasteiger partial charge in [-0.1, -0.05) is 42.5 Å². The second-order valence-corrected chi connectivity index (χ2v) is 10.2. The quantitative estimate of drug-likeness (QED) is 0.281. The molecule has 0 bridgehead atoms. The number of allylic oxidation sites excluding steroid dienone is 10. The highest BCUT2D eigenvalue weighted by Crippen LogP contribution is 2.27. The van der Waals surface area contributed by atoms with Crippen LogP contribution in [0.4, 0.5) is 5.82 Å². The number of nitrogens with one attached hydrogen (secondary N) is 2. The first kappa shape index (κ1) is 24.7. The number of hydrogen-bond acceptors (Lipinski definition) is 6. The SMILES string of the molecule is CN(C)CCCCNSC1=CCC=C(Nc2cc(C3=CC=CCC=C3)nc3c(Br)cnn23)C=C1. The van der Waals surface area contributed by atoms with Crippen molar-refractivity contribution in [3.8, 4) is 0 Å². The molecule has 0 aliphatic heterocycles. The van der Waals surface area contributed by atoms with Crippen LogP contribution in [0.15, 0.2) is 82.0 Å². The van der Waals surface area contributed by atoms with Crippen molar-refractivity contribution in [2.24, 2.45) is 0 Å². The van der Waals surface area contributed by atoms with Gasteiger partial charge in [0.15, 0.2) is 5.65 Å². The lowest BCUT2D eigenvalue weighted by molar-refractivity contribution is 0.395. The molecular weight excluding hydrogens is 508 g/mol. The zero-order valence-electron chi connectivity index (χ0n) is 19.7. The van der Waals surface area contributed by atoms with Crippen molar-refractivity contribution in [2.75, 3.05) is 32.5 Å². The van der Waals surface area contributed by atoms with Crippen molar-refractivity contribution in [3.05, 3.63) is 87.7 Å². The third kappa shape index (κ3) is 6.82. The van der Waals surface area contributed by atoms with Crippen LogP contribution in [0.25, 0.3) is 11.2 Å². The lowest BCUT2D eigenvalue weighted by Crippen LogP contribution is -2.15. The van der Waals surface area contributed by atoms with Gasteiger partial charge in [0.1, 0.15) is 5.82 Å². The first-order valence-electron chi connectivity index (χ1n) is 11.6. The van der Waals surface area contributed by atoms with Gasteiger partial charge in [-0.2, -0.15) is 9.61 Å². The summed E-state index contributed by atoms with van der Waals surface area (Å²) in [6.07, 6.45) is 25.3. The van der Waals surface area contributed by atoms with E-state index in [1.165, 1.54) is 17.7 Å². The van der Waals surface area contributed by atoms with Crippen molar-refractivity contribution in [1.29, 1.82) is 0 Å². The second kappa shape index (κ2) is 12.4. The molecule has 8 heteroatoms. The molecule has 0 saturated heterocycles. The van der Waals surface area contributed by atoms with Crippen LogP contribution in [0.3, 0.4) is 0 Å². The molecule has 0 unspecified atom stereocenters. The van der Waals surface area contributed by atoms with Crippen molar-refractivity contribution in [3.63, 3.8) is 0 Å². The van der Waals surface area contributed by atoms with E-state index in [4.69, 9.17) is 4.98 Å². The lowest BCUT2D eigenvalue weighted by Gasteiger charge is -2.12. The molecule has 2 heterocycles. The minimum Gasteiger partial charge on any atom is -0.340 e. The number of anilines is 1. The molecule has 0 fully saturated rings. The summed E-state index contributed by atoms with van der Waals surface area (Å²) in [5, 5.41) is 8.08. The van der Waals surface area contributed by atoms with Gasteiger partial charge in [-0.15, -0.1) is 0 Å².